The highest BCUT2D eigenvalue weighted by Crippen LogP contribution is 2.31. The Labute approximate surface area is 120 Å². The lowest BCUT2D eigenvalue weighted by Crippen LogP contribution is -2.34. The van der Waals surface area contributed by atoms with E-state index < -0.39 is 21.9 Å². The van der Waals surface area contributed by atoms with Crippen molar-refractivity contribution in [3.05, 3.63) is 29.3 Å². The van der Waals surface area contributed by atoms with Crippen molar-refractivity contribution in [2.45, 2.75) is 17.1 Å². The standard InChI is InChI=1S/C12H13NO5S2/c1-7(19-2)6-13-11(14)9-4-3-8(12(15)16)5-10(9)20(13,17)18/h3-5,7H,6H2,1-2H3,(H,15,16). The van der Waals surface area contributed by atoms with Gasteiger partial charge in [0.25, 0.3) is 15.9 Å². The zero-order chi connectivity index (χ0) is 15.1. The number of sulfonamides is 1. The topological polar surface area (TPSA) is 91.8 Å². The van der Waals surface area contributed by atoms with Gasteiger partial charge >= 0.3 is 5.97 Å². The zero-order valence-electron chi connectivity index (χ0n) is 10.9. The molecule has 1 aliphatic rings. The molecule has 1 amide bonds. The molecule has 2 rings (SSSR count). The lowest BCUT2D eigenvalue weighted by Gasteiger charge is -2.18. The summed E-state index contributed by atoms with van der Waals surface area (Å²) in [7, 11) is -3.95. The Bertz CT molecular complexity index is 683. The summed E-state index contributed by atoms with van der Waals surface area (Å²) in [5.74, 6) is -1.83. The van der Waals surface area contributed by atoms with Crippen molar-refractivity contribution < 1.29 is 23.1 Å². The van der Waals surface area contributed by atoms with Crippen LogP contribution in [0.2, 0.25) is 0 Å². The van der Waals surface area contributed by atoms with E-state index in [1.807, 2.05) is 13.2 Å². The van der Waals surface area contributed by atoms with Gasteiger partial charge in [-0.2, -0.15) is 11.8 Å². The molecule has 6 nitrogen and oxygen atoms in total. The summed E-state index contributed by atoms with van der Waals surface area (Å²) in [6, 6.07) is 3.52. The van der Waals surface area contributed by atoms with Gasteiger partial charge < -0.3 is 5.11 Å². The molecule has 1 N–H and O–H groups in total. The first-order valence-electron chi connectivity index (χ1n) is 5.76. The van der Waals surface area contributed by atoms with Crippen LogP contribution in [0.1, 0.15) is 27.6 Å². The first kappa shape index (κ1) is 14.9. The second-order valence-electron chi connectivity index (χ2n) is 4.40. The normalized spacial score (nSPS) is 17.9. The van der Waals surface area contributed by atoms with E-state index in [-0.39, 0.29) is 27.8 Å². The number of hydrogen-bond donors (Lipinski definition) is 1. The number of carboxylic acids is 1. The molecule has 1 unspecified atom stereocenters. The maximum absolute atomic E-state index is 12.3. The fourth-order valence-electron chi connectivity index (χ4n) is 1.90. The van der Waals surface area contributed by atoms with Crippen LogP contribution in [0.15, 0.2) is 23.1 Å². The minimum atomic E-state index is -3.95. The molecule has 0 fully saturated rings. The van der Waals surface area contributed by atoms with Crippen molar-refractivity contribution in [3.63, 3.8) is 0 Å². The maximum atomic E-state index is 12.3. The molecule has 20 heavy (non-hydrogen) atoms. The number of carboxylic acid groups (broad SMARTS) is 1. The molecule has 0 aliphatic carbocycles. The van der Waals surface area contributed by atoms with Crippen molar-refractivity contribution in [3.8, 4) is 0 Å². The van der Waals surface area contributed by atoms with E-state index >= 15 is 0 Å². The Morgan fingerprint density at radius 1 is 1.45 bits per heavy atom. The van der Waals surface area contributed by atoms with Crippen molar-refractivity contribution in [2.75, 3.05) is 12.8 Å². The van der Waals surface area contributed by atoms with Crippen LogP contribution in [-0.4, -0.2) is 47.8 Å². The first-order valence-corrected chi connectivity index (χ1v) is 8.49. The molecule has 1 aromatic carbocycles. The monoisotopic (exact) mass is 315 g/mol. The van der Waals surface area contributed by atoms with Gasteiger partial charge in [0.1, 0.15) is 4.90 Å². The van der Waals surface area contributed by atoms with Crippen LogP contribution in [0.3, 0.4) is 0 Å². The third-order valence-electron chi connectivity index (χ3n) is 3.08. The molecular formula is C12H13NO5S2. The molecule has 0 saturated heterocycles. The second-order valence-corrected chi connectivity index (χ2v) is 7.51. The highest BCUT2D eigenvalue weighted by atomic mass is 32.2. The number of carbonyl (C=O) groups excluding carboxylic acids is 1. The number of rotatable bonds is 4. The van der Waals surface area contributed by atoms with Crippen LogP contribution in [0.5, 0.6) is 0 Å². The van der Waals surface area contributed by atoms with Crippen molar-refractivity contribution >= 4 is 33.7 Å². The maximum Gasteiger partial charge on any atom is 0.335 e. The van der Waals surface area contributed by atoms with Crippen molar-refractivity contribution in [2.24, 2.45) is 0 Å². The largest absolute Gasteiger partial charge is 0.478 e. The van der Waals surface area contributed by atoms with Crippen LogP contribution in [-0.2, 0) is 10.0 Å². The molecule has 1 atom stereocenters. The molecule has 108 valence electrons. The molecule has 1 aromatic rings. The second kappa shape index (κ2) is 5.10. The van der Waals surface area contributed by atoms with Gasteiger partial charge in [-0.25, -0.2) is 17.5 Å². The Hall–Kier alpha value is -1.54. The summed E-state index contributed by atoms with van der Waals surface area (Å²) < 4.78 is 25.5. The molecule has 0 bridgehead atoms. The smallest absolute Gasteiger partial charge is 0.335 e. The number of amides is 1. The zero-order valence-corrected chi connectivity index (χ0v) is 12.5. The third-order valence-corrected chi connectivity index (χ3v) is 5.82. The Morgan fingerprint density at radius 2 is 2.10 bits per heavy atom. The number of aromatic carboxylic acids is 1. The molecule has 0 aromatic heterocycles. The summed E-state index contributed by atoms with van der Waals surface area (Å²) in [4.78, 5) is 22.8. The molecule has 8 heteroatoms. The first-order chi connectivity index (χ1) is 9.28. The van der Waals surface area contributed by atoms with E-state index in [4.69, 9.17) is 5.11 Å². The molecule has 0 saturated carbocycles. The lowest BCUT2D eigenvalue weighted by atomic mass is 10.1. The third kappa shape index (κ3) is 2.29. The number of thioether (sulfide) groups is 1. The van der Waals surface area contributed by atoms with Crippen LogP contribution in [0.25, 0.3) is 0 Å². The van der Waals surface area contributed by atoms with E-state index in [9.17, 15) is 18.0 Å². The number of nitrogens with zero attached hydrogens (tertiary/aromatic N) is 1. The van der Waals surface area contributed by atoms with Gasteiger partial charge in [-0.3, -0.25) is 4.79 Å². The minimum Gasteiger partial charge on any atom is -0.478 e. The van der Waals surface area contributed by atoms with Gasteiger partial charge in [-0.1, -0.05) is 6.92 Å². The molecule has 1 heterocycles. The van der Waals surface area contributed by atoms with Crippen LogP contribution in [0, 0.1) is 0 Å². The van der Waals surface area contributed by atoms with Crippen molar-refractivity contribution in [1.29, 1.82) is 0 Å². The van der Waals surface area contributed by atoms with Gasteiger partial charge in [0.15, 0.2) is 0 Å². The van der Waals surface area contributed by atoms with E-state index in [0.717, 1.165) is 10.4 Å². The highest BCUT2D eigenvalue weighted by Gasteiger charge is 2.41. The molecule has 0 spiro atoms. The van der Waals surface area contributed by atoms with Crippen LogP contribution >= 0.6 is 11.8 Å². The predicted molar refractivity (Wildman–Crippen MR) is 74.6 cm³/mol. The average molecular weight is 315 g/mol. The lowest BCUT2D eigenvalue weighted by molar-refractivity contribution is 0.0695. The Kier molecular flexibility index (Phi) is 3.79. The SMILES string of the molecule is CSC(C)CN1C(=O)c2ccc(C(=O)O)cc2S1(=O)=O. The van der Waals surface area contributed by atoms with Gasteiger partial charge in [-0.15, -0.1) is 0 Å². The van der Waals surface area contributed by atoms with Crippen LogP contribution in [0.4, 0.5) is 0 Å². The van der Waals surface area contributed by atoms with E-state index in [1.165, 1.54) is 23.9 Å². The number of benzene rings is 1. The molecular weight excluding hydrogens is 302 g/mol. The average Bonchev–Trinajstić information content (AvgIpc) is 2.59. The summed E-state index contributed by atoms with van der Waals surface area (Å²) >= 11 is 1.45. The van der Waals surface area contributed by atoms with E-state index in [1.54, 1.807) is 0 Å². The van der Waals surface area contributed by atoms with E-state index in [0.29, 0.717) is 0 Å². The van der Waals surface area contributed by atoms with Crippen LogP contribution < -0.4 is 0 Å². The summed E-state index contributed by atoms with van der Waals surface area (Å²) in [6.45, 7) is 1.89. The number of carbonyl (C=O) groups is 2. The van der Waals surface area contributed by atoms with Gasteiger partial charge in [0.05, 0.1) is 11.1 Å². The van der Waals surface area contributed by atoms with E-state index in [2.05, 4.69) is 0 Å². The summed E-state index contributed by atoms with van der Waals surface area (Å²) in [6.07, 6.45) is 1.83. The number of hydrogen-bond acceptors (Lipinski definition) is 5. The minimum absolute atomic E-state index is 0.0308. The van der Waals surface area contributed by atoms with Gasteiger partial charge in [0.2, 0.25) is 0 Å². The quantitative estimate of drug-likeness (QED) is 0.900. The summed E-state index contributed by atoms with van der Waals surface area (Å²) in [5.41, 5.74) is -0.122. The summed E-state index contributed by atoms with van der Waals surface area (Å²) in [5, 5.41) is 8.87. The van der Waals surface area contributed by atoms with Crippen molar-refractivity contribution in [1.82, 2.24) is 4.31 Å². The predicted octanol–water partition coefficient (Wildman–Crippen LogP) is 1.28. The Morgan fingerprint density at radius 3 is 2.65 bits per heavy atom. The van der Waals surface area contributed by atoms with Gasteiger partial charge in [0, 0.05) is 11.8 Å². The molecule has 1 aliphatic heterocycles. The Balaban J connectivity index is 2.51. The molecule has 0 radical (unpaired) electrons. The fraction of sp³-hybridized carbons (Fsp3) is 0.333. The van der Waals surface area contributed by atoms with Gasteiger partial charge in [-0.05, 0) is 24.5 Å². The highest BCUT2D eigenvalue weighted by molar-refractivity contribution is 7.99. The fourth-order valence-corrected chi connectivity index (χ4v) is 3.97. The number of fused-ring (bicyclic) bond motifs is 1.